The number of aliphatic hydroxyl groups excluding tert-OH is 1. The van der Waals surface area contributed by atoms with Gasteiger partial charge in [0.15, 0.2) is 0 Å². The molecule has 1 atom stereocenters. The molecule has 3 amide bonds. The number of nitrogens with zero attached hydrogens (tertiary/aromatic N) is 4. The van der Waals surface area contributed by atoms with Crippen molar-refractivity contribution >= 4 is 33.1 Å². The van der Waals surface area contributed by atoms with Crippen LogP contribution in [0.5, 0.6) is 0 Å². The van der Waals surface area contributed by atoms with Crippen LogP contribution in [0.4, 0.5) is 5.69 Å². The van der Waals surface area contributed by atoms with Crippen molar-refractivity contribution in [3.05, 3.63) is 107 Å². The number of aryl methyl sites for hydroxylation is 2. The zero-order valence-electron chi connectivity index (χ0n) is 22.9. The number of aromatic nitrogens is 3. The van der Waals surface area contributed by atoms with E-state index >= 15 is 0 Å². The van der Waals surface area contributed by atoms with E-state index in [-0.39, 0.29) is 29.5 Å². The molecule has 4 aromatic rings. The summed E-state index contributed by atoms with van der Waals surface area (Å²) in [7, 11) is -1.78. The lowest BCUT2D eigenvalue weighted by Crippen LogP contribution is -2.32. The SMILES string of the molecule is Cc1cc(C(=O)Nc2cccc(C#Cc3cncc(C(=O)N=[S@](=O)(CC(=O)NCCO)c4ccccc4)c3)c2)n(C)n1. The Hall–Kier alpha value is -5.12. The van der Waals surface area contributed by atoms with Crippen LogP contribution in [0.2, 0.25) is 0 Å². The van der Waals surface area contributed by atoms with Gasteiger partial charge in [0, 0.05) is 47.7 Å². The largest absolute Gasteiger partial charge is 0.395 e. The third-order valence-corrected chi connectivity index (χ3v) is 7.92. The van der Waals surface area contributed by atoms with Crippen molar-refractivity contribution in [2.24, 2.45) is 11.4 Å². The second-order valence-corrected chi connectivity index (χ2v) is 11.3. The van der Waals surface area contributed by atoms with E-state index in [0.717, 1.165) is 5.69 Å². The topological polar surface area (TPSA) is 156 Å². The third-order valence-electron chi connectivity index (χ3n) is 5.79. The zero-order chi connectivity index (χ0) is 30.1. The van der Waals surface area contributed by atoms with Crippen molar-refractivity contribution in [3.8, 4) is 11.8 Å². The second-order valence-electron chi connectivity index (χ2n) is 9.11. The lowest BCUT2D eigenvalue weighted by molar-refractivity contribution is -0.118. The molecule has 0 aliphatic heterocycles. The highest BCUT2D eigenvalue weighted by Gasteiger charge is 2.20. The van der Waals surface area contributed by atoms with Gasteiger partial charge in [-0.1, -0.05) is 36.1 Å². The monoisotopic (exact) mass is 584 g/mol. The van der Waals surface area contributed by atoms with Gasteiger partial charge in [-0.05, 0) is 49.4 Å². The van der Waals surface area contributed by atoms with Gasteiger partial charge in [0.1, 0.15) is 11.4 Å². The van der Waals surface area contributed by atoms with Crippen molar-refractivity contribution in [2.75, 3.05) is 24.2 Å². The highest BCUT2D eigenvalue weighted by atomic mass is 32.2. The summed E-state index contributed by atoms with van der Waals surface area (Å²) < 4.78 is 19.2. The van der Waals surface area contributed by atoms with Crippen molar-refractivity contribution < 1.29 is 23.7 Å². The Morgan fingerprint density at radius 2 is 1.76 bits per heavy atom. The number of hydrogen-bond donors (Lipinski definition) is 3. The minimum atomic E-state index is -3.47. The van der Waals surface area contributed by atoms with Crippen LogP contribution in [-0.4, -0.2) is 60.7 Å². The van der Waals surface area contributed by atoms with Crippen LogP contribution >= 0.6 is 0 Å². The van der Waals surface area contributed by atoms with E-state index < -0.39 is 27.3 Å². The van der Waals surface area contributed by atoms with Gasteiger partial charge in [0.2, 0.25) is 5.91 Å². The van der Waals surface area contributed by atoms with E-state index in [1.54, 1.807) is 62.5 Å². The Labute approximate surface area is 243 Å². The molecule has 0 aliphatic carbocycles. The van der Waals surface area contributed by atoms with Crippen molar-refractivity contribution in [1.29, 1.82) is 0 Å². The summed E-state index contributed by atoms with van der Waals surface area (Å²) >= 11 is 0. The number of amides is 3. The number of rotatable bonds is 8. The second kappa shape index (κ2) is 13.5. The molecular weight excluding hydrogens is 556 g/mol. The molecule has 2 aromatic carbocycles. The van der Waals surface area contributed by atoms with Crippen molar-refractivity contribution in [1.82, 2.24) is 20.1 Å². The third kappa shape index (κ3) is 7.75. The maximum Gasteiger partial charge on any atom is 0.286 e. The average Bonchev–Trinajstić information content (AvgIpc) is 3.33. The van der Waals surface area contributed by atoms with Crippen LogP contribution in [0, 0.1) is 18.8 Å². The fourth-order valence-electron chi connectivity index (χ4n) is 3.87. The summed E-state index contributed by atoms with van der Waals surface area (Å²) in [6.45, 7) is 1.51. The summed E-state index contributed by atoms with van der Waals surface area (Å²) in [4.78, 5) is 42.3. The fourth-order valence-corrected chi connectivity index (χ4v) is 5.62. The van der Waals surface area contributed by atoms with Crippen LogP contribution in [0.25, 0.3) is 0 Å². The first-order chi connectivity index (χ1) is 20.2. The molecule has 42 heavy (non-hydrogen) atoms. The van der Waals surface area contributed by atoms with Crippen molar-refractivity contribution in [3.63, 3.8) is 0 Å². The predicted octanol–water partition coefficient (Wildman–Crippen LogP) is 2.55. The summed E-state index contributed by atoms with van der Waals surface area (Å²) in [5, 5.41) is 18.4. The Bertz CT molecular complexity index is 1810. The number of pyridine rings is 1. The zero-order valence-corrected chi connectivity index (χ0v) is 23.7. The maximum absolute atomic E-state index is 13.8. The molecule has 214 valence electrons. The first kappa shape index (κ1) is 29.9. The molecule has 0 bridgehead atoms. The van der Waals surface area contributed by atoms with Gasteiger partial charge < -0.3 is 15.7 Å². The van der Waals surface area contributed by atoms with Gasteiger partial charge in [-0.2, -0.15) is 9.46 Å². The molecule has 0 unspecified atom stereocenters. The van der Waals surface area contributed by atoms with E-state index in [1.165, 1.54) is 35.3 Å². The molecule has 4 rings (SSSR count). The minimum Gasteiger partial charge on any atom is -0.395 e. The summed E-state index contributed by atoms with van der Waals surface area (Å²) in [6, 6.07) is 18.2. The smallest absolute Gasteiger partial charge is 0.286 e. The number of carbonyl (C=O) groups is 3. The Kier molecular flexibility index (Phi) is 9.59. The lowest BCUT2D eigenvalue weighted by atomic mass is 10.1. The Balaban J connectivity index is 1.55. The molecule has 2 aromatic heterocycles. The van der Waals surface area contributed by atoms with Gasteiger partial charge in [-0.15, -0.1) is 0 Å². The number of aliphatic hydroxyl groups is 1. The van der Waals surface area contributed by atoms with Gasteiger partial charge in [-0.3, -0.25) is 24.0 Å². The highest BCUT2D eigenvalue weighted by molar-refractivity contribution is 7.94. The quantitative estimate of drug-likeness (QED) is 0.269. The minimum absolute atomic E-state index is 0.0128. The molecule has 2 heterocycles. The molecular formula is C30H28N6O5S. The van der Waals surface area contributed by atoms with Crippen LogP contribution in [0.3, 0.4) is 0 Å². The van der Waals surface area contributed by atoms with Crippen molar-refractivity contribution in [2.45, 2.75) is 11.8 Å². The highest BCUT2D eigenvalue weighted by Crippen LogP contribution is 2.17. The number of benzene rings is 2. The molecule has 0 radical (unpaired) electrons. The number of hydrogen-bond acceptors (Lipinski definition) is 7. The van der Waals surface area contributed by atoms with E-state index in [1.807, 2.05) is 0 Å². The molecule has 12 heteroatoms. The first-order valence-corrected chi connectivity index (χ1v) is 14.5. The Morgan fingerprint density at radius 3 is 2.48 bits per heavy atom. The van der Waals surface area contributed by atoms with Crippen LogP contribution in [-0.2, 0) is 21.6 Å². The molecule has 0 saturated heterocycles. The predicted molar refractivity (Wildman–Crippen MR) is 157 cm³/mol. The molecule has 0 saturated carbocycles. The Morgan fingerprint density at radius 1 is 1.00 bits per heavy atom. The van der Waals surface area contributed by atoms with Crippen LogP contribution in [0.1, 0.15) is 37.7 Å². The molecule has 0 aliphatic rings. The lowest BCUT2D eigenvalue weighted by Gasteiger charge is -2.10. The number of nitrogens with one attached hydrogen (secondary N) is 2. The van der Waals surface area contributed by atoms with Crippen LogP contribution < -0.4 is 10.6 Å². The number of anilines is 1. The van der Waals surface area contributed by atoms with Gasteiger partial charge in [0.25, 0.3) is 11.8 Å². The summed E-state index contributed by atoms with van der Waals surface area (Å²) in [5.74, 6) is 3.64. The van der Waals surface area contributed by atoms with Gasteiger partial charge in [-0.25, -0.2) is 4.21 Å². The van der Waals surface area contributed by atoms with Gasteiger partial charge in [0.05, 0.1) is 27.6 Å². The average molecular weight is 585 g/mol. The molecule has 11 nitrogen and oxygen atoms in total. The summed E-state index contributed by atoms with van der Waals surface area (Å²) in [6.07, 6.45) is 2.75. The van der Waals surface area contributed by atoms with E-state index in [4.69, 9.17) is 5.11 Å². The molecule has 3 N–H and O–H groups in total. The molecule has 0 fully saturated rings. The fraction of sp³-hybridized carbons (Fsp3) is 0.167. The molecule has 0 spiro atoms. The standard InChI is InChI=1S/C30H28N6O5S/c1-21-15-27(36(2)34-21)30(40)33-25-8-6-7-22(17-25)11-12-23-16-24(19-31-18-23)29(39)35-42(41,20-28(38)32-13-14-37)26-9-4-3-5-10-26/h3-10,15-19,37H,13-14,20H2,1-2H3,(H,32,38)(H,33,40)/t42-/m0/s1. The maximum atomic E-state index is 13.8. The van der Waals surface area contributed by atoms with Gasteiger partial charge >= 0.3 is 0 Å². The first-order valence-electron chi connectivity index (χ1n) is 12.8. The van der Waals surface area contributed by atoms with Crippen LogP contribution in [0.15, 0.2) is 88.4 Å². The normalized spacial score (nSPS) is 11.9. The van der Waals surface area contributed by atoms with E-state index in [9.17, 15) is 18.6 Å². The van der Waals surface area contributed by atoms with E-state index in [0.29, 0.717) is 22.5 Å². The van der Waals surface area contributed by atoms with E-state index in [2.05, 4.69) is 36.9 Å². The summed E-state index contributed by atoms with van der Waals surface area (Å²) in [5.41, 5.74) is 2.76. The number of carbonyl (C=O) groups excluding carboxylic acids is 3.